The van der Waals surface area contributed by atoms with Gasteiger partial charge in [0.2, 0.25) is 0 Å². The average Bonchev–Trinajstić information content (AvgIpc) is 3.00. The molecule has 2 heterocycles. The summed E-state index contributed by atoms with van der Waals surface area (Å²) in [5.41, 5.74) is 2.54. The van der Waals surface area contributed by atoms with Crippen molar-refractivity contribution in [1.29, 1.82) is 0 Å². The summed E-state index contributed by atoms with van der Waals surface area (Å²) < 4.78 is 0. The standard InChI is InChI=1S/C14H14N2S/c1-15-7-8-16(11-15)13-5-2-4-12(10-13)14-6-3-9-17-14/h2-10H,11H2,1H3. The molecule has 0 atom stereocenters. The quantitative estimate of drug-likeness (QED) is 0.794. The molecule has 0 saturated heterocycles. The molecule has 1 aromatic heterocycles. The summed E-state index contributed by atoms with van der Waals surface area (Å²) >= 11 is 1.78. The zero-order valence-corrected chi connectivity index (χ0v) is 10.5. The molecule has 1 aliphatic heterocycles. The number of thiophene rings is 1. The highest BCUT2D eigenvalue weighted by atomic mass is 32.1. The van der Waals surface area contributed by atoms with Gasteiger partial charge in [-0.05, 0) is 29.1 Å². The van der Waals surface area contributed by atoms with Crippen LogP contribution in [-0.4, -0.2) is 18.6 Å². The third kappa shape index (κ3) is 2.06. The summed E-state index contributed by atoms with van der Waals surface area (Å²) in [6.45, 7) is 0.924. The van der Waals surface area contributed by atoms with Crippen molar-refractivity contribution in [2.75, 3.05) is 18.6 Å². The van der Waals surface area contributed by atoms with E-state index < -0.39 is 0 Å². The Morgan fingerprint density at radius 3 is 2.76 bits per heavy atom. The number of hydrogen-bond acceptors (Lipinski definition) is 3. The Bertz CT molecular complexity index is 531. The van der Waals surface area contributed by atoms with Gasteiger partial charge < -0.3 is 9.80 Å². The maximum atomic E-state index is 2.25. The summed E-state index contributed by atoms with van der Waals surface area (Å²) in [6.07, 6.45) is 4.21. The van der Waals surface area contributed by atoms with Crippen LogP contribution in [0.25, 0.3) is 10.4 Å². The fourth-order valence-electron chi connectivity index (χ4n) is 1.98. The number of nitrogens with zero attached hydrogens (tertiary/aromatic N) is 2. The fraction of sp³-hybridized carbons (Fsp3) is 0.143. The highest BCUT2D eigenvalue weighted by molar-refractivity contribution is 7.13. The molecule has 2 nitrogen and oxygen atoms in total. The Hall–Kier alpha value is -1.74. The summed E-state index contributed by atoms with van der Waals surface area (Å²) in [4.78, 5) is 5.73. The minimum Gasteiger partial charge on any atom is -0.361 e. The third-order valence-corrected chi connectivity index (χ3v) is 3.78. The van der Waals surface area contributed by atoms with E-state index in [9.17, 15) is 0 Å². The third-order valence-electron chi connectivity index (χ3n) is 2.86. The van der Waals surface area contributed by atoms with E-state index in [-0.39, 0.29) is 0 Å². The smallest absolute Gasteiger partial charge is 0.0938 e. The molecule has 0 spiro atoms. The van der Waals surface area contributed by atoms with Crippen molar-refractivity contribution in [1.82, 2.24) is 4.90 Å². The molecule has 2 aromatic rings. The van der Waals surface area contributed by atoms with Crippen molar-refractivity contribution in [3.05, 3.63) is 54.2 Å². The van der Waals surface area contributed by atoms with Crippen LogP contribution >= 0.6 is 11.3 Å². The minimum absolute atomic E-state index is 0.924. The molecule has 1 aliphatic rings. The Labute approximate surface area is 105 Å². The van der Waals surface area contributed by atoms with Gasteiger partial charge in [0.15, 0.2) is 0 Å². The molecule has 0 unspecified atom stereocenters. The first kappa shape index (κ1) is 10.4. The second-order valence-electron chi connectivity index (χ2n) is 4.19. The van der Waals surface area contributed by atoms with Crippen molar-refractivity contribution < 1.29 is 0 Å². The van der Waals surface area contributed by atoms with Crippen LogP contribution in [0.1, 0.15) is 0 Å². The van der Waals surface area contributed by atoms with Crippen LogP contribution < -0.4 is 4.90 Å². The van der Waals surface area contributed by atoms with E-state index in [1.165, 1.54) is 16.1 Å². The Balaban J connectivity index is 1.92. The van der Waals surface area contributed by atoms with E-state index in [1.807, 2.05) is 0 Å². The van der Waals surface area contributed by atoms with Crippen LogP contribution in [0.3, 0.4) is 0 Å². The largest absolute Gasteiger partial charge is 0.361 e. The summed E-state index contributed by atoms with van der Waals surface area (Å²) in [5, 5.41) is 2.12. The topological polar surface area (TPSA) is 6.48 Å². The number of benzene rings is 1. The molecule has 3 heteroatoms. The molecule has 86 valence electrons. The van der Waals surface area contributed by atoms with Crippen LogP contribution in [0.4, 0.5) is 5.69 Å². The van der Waals surface area contributed by atoms with E-state index >= 15 is 0 Å². The predicted octanol–water partition coefficient (Wildman–Crippen LogP) is 3.60. The van der Waals surface area contributed by atoms with E-state index in [0.717, 1.165) is 6.67 Å². The SMILES string of the molecule is CN1C=CN(c2cccc(-c3cccs3)c2)C1. The van der Waals surface area contributed by atoms with E-state index in [1.54, 1.807) is 11.3 Å². The normalized spacial score (nSPS) is 14.6. The summed E-state index contributed by atoms with van der Waals surface area (Å²) in [6, 6.07) is 12.9. The van der Waals surface area contributed by atoms with Gasteiger partial charge in [0.05, 0.1) is 6.67 Å². The van der Waals surface area contributed by atoms with E-state index in [0.29, 0.717) is 0 Å². The molecule has 0 bridgehead atoms. The lowest BCUT2D eigenvalue weighted by Gasteiger charge is -2.18. The van der Waals surface area contributed by atoms with Gasteiger partial charge in [0.25, 0.3) is 0 Å². The maximum Gasteiger partial charge on any atom is 0.0938 e. The zero-order chi connectivity index (χ0) is 11.7. The van der Waals surface area contributed by atoms with Gasteiger partial charge in [0.1, 0.15) is 0 Å². The van der Waals surface area contributed by atoms with Gasteiger partial charge in [-0.1, -0.05) is 18.2 Å². The van der Waals surface area contributed by atoms with Gasteiger partial charge in [0, 0.05) is 30.0 Å². The van der Waals surface area contributed by atoms with Crippen LogP contribution in [0.2, 0.25) is 0 Å². The van der Waals surface area contributed by atoms with E-state index in [2.05, 4.69) is 71.0 Å². The molecular weight excluding hydrogens is 228 g/mol. The fourth-order valence-corrected chi connectivity index (χ4v) is 2.70. The van der Waals surface area contributed by atoms with Crippen molar-refractivity contribution in [3.8, 4) is 10.4 Å². The molecule has 1 aromatic carbocycles. The van der Waals surface area contributed by atoms with E-state index in [4.69, 9.17) is 0 Å². The van der Waals surface area contributed by atoms with Crippen molar-refractivity contribution in [3.63, 3.8) is 0 Å². The first-order valence-electron chi connectivity index (χ1n) is 5.62. The molecule has 0 N–H and O–H groups in total. The second-order valence-corrected chi connectivity index (χ2v) is 5.14. The second kappa shape index (κ2) is 4.26. The number of rotatable bonds is 2. The van der Waals surface area contributed by atoms with Gasteiger partial charge >= 0.3 is 0 Å². The van der Waals surface area contributed by atoms with Crippen molar-refractivity contribution >= 4 is 17.0 Å². The lowest BCUT2D eigenvalue weighted by atomic mass is 10.1. The molecular formula is C14H14N2S. The van der Waals surface area contributed by atoms with Crippen LogP contribution in [-0.2, 0) is 0 Å². The monoisotopic (exact) mass is 242 g/mol. The molecule has 17 heavy (non-hydrogen) atoms. The van der Waals surface area contributed by atoms with Gasteiger partial charge in [-0.25, -0.2) is 0 Å². The van der Waals surface area contributed by atoms with Crippen molar-refractivity contribution in [2.45, 2.75) is 0 Å². The van der Waals surface area contributed by atoms with Gasteiger partial charge in [-0.15, -0.1) is 11.3 Å². The molecule has 0 saturated carbocycles. The Kier molecular flexibility index (Phi) is 2.61. The zero-order valence-electron chi connectivity index (χ0n) is 9.71. The highest BCUT2D eigenvalue weighted by Gasteiger charge is 2.11. The molecule has 0 fully saturated rings. The molecule has 0 amide bonds. The van der Waals surface area contributed by atoms with Crippen molar-refractivity contribution in [2.24, 2.45) is 0 Å². The summed E-state index contributed by atoms with van der Waals surface area (Å²) in [7, 11) is 2.08. The predicted molar refractivity (Wildman–Crippen MR) is 74.0 cm³/mol. The summed E-state index contributed by atoms with van der Waals surface area (Å²) in [5.74, 6) is 0. The Morgan fingerprint density at radius 1 is 1.12 bits per heavy atom. The lowest BCUT2D eigenvalue weighted by molar-refractivity contribution is 0.496. The van der Waals surface area contributed by atoms with Gasteiger partial charge in [-0.3, -0.25) is 0 Å². The number of hydrogen-bond donors (Lipinski definition) is 0. The van der Waals surface area contributed by atoms with Crippen LogP contribution in [0.5, 0.6) is 0 Å². The van der Waals surface area contributed by atoms with Crippen LogP contribution in [0.15, 0.2) is 54.2 Å². The first-order chi connectivity index (χ1) is 8.33. The minimum atomic E-state index is 0.924. The molecule has 0 radical (unpaired) electrons. The first-order valence-corrected chi connectivity index (χ1v) is 6.50. The number of anilines is 1. The maximum absolute atomic E-state index is 2.25. The molecule has 3 rings (SSSR count). The van der Waals surface area contributed by atoms with Gasteiger partial charge in [-0.2, -0.15) is 0 Å². The van der Waals surface area contributed by atoms with Crippen LogP contribution in [0, 0.1) is 0 Å². The lowest BCUT2D eigenvalue weighted by Crippen LogP contribution is -2.21. The molecule has 0 aliphatic carbocycles. The highest BCUT2D eigenvalue weighted by Crippen LogP contribution is 2.29. The Morgan fingerprint density at radius 2 is 2.06 bits per heavy atom. The average molecular weight is 242 g/mol.